The fourth-order valence-corrected chi connectivity index (χ4v) is 4.68. The van der Waals surface area contributed by atoms with E-state index in [4.69, 9.17) is 21.8 Å². The second-order valence-corrected chi connectivity index (χ2v) is 7.98. The molecule has 4 rings (SSSR count). The van der Waals surface area contributed by atoms with Crippen LogP contribution in [0.15, 0.2) is 45.8 Å². The largest absolute Gasteiger partial charge is 0.464 e. The number of halogens is 1. The molecule has 1 atom stereocenters. The lowest BCUT2D eigenvalue weighted by Crippen LogP contribution is -2.25. The Morgan fingerprint density at radius 2 is 2.19 bits per heavy atom. The molecule has 26 heavy (non-hydrogen) atoms. The molecule has 1 aliphatic rings. The number of nitrogens with two attached hydrogens (primary N) is 1. The number of fused-ring (bicyclic) bond motifs is 1. The Hall–Kier alpha value is -2.15. The molecule has 2 aromatic heterocycles. The van der Waals surface area contributed by atoms with E-state index in [1.54, 1.807) is 24.3 Å². The quantitative estimate of drug-likeness (QED) is 0.734. The van der Waals surface area contributed by atoms with Crippen LogP contribution in [0, 0.1) is 0 Å². The van der Waals surface area contributed by atoms with Gasteiger partial charge in [-0.15, -0.1) is 11.3 Å². The molecule has 1 saturated heterocycles. The number of carbonyl (C=O) groups excluding carboxylic acids is 1. The summed E-state index contributed by atoms with van der Waals surface area (Å²) in [5.41, 5.74) is 6.45. The molecule has 1 aliphatic heterocycles. The molecule has 0 radical (unpaired) electrons. The summed E-state index contributed by atoms with van der Waals surface area (Å²) in [7, 11) is 0. The molecule has 0 bridgehead atoms. The smallest absolute Gasteiger partial charge is 0.258 e. The summed E-state index contributed by atoms with van der Waals surface area (Å²) in [5.74, 6) is -0.405. The van der Waals surface area contributed by atoms with Crippen molar-refractivity contribution in [2.24, 2.45) is 5.73 Å². The molecular weight excluding hydrogens is 372 g/mol. The third kappa shape index (κ3) is 3.16. The lowest BCUT2D eigenvalue weighted by molar-refractivity contribution is 0.100. The molecule has 0 saturated carbocycles. The summed E-state index contributed by atoms with van der Waals surface area (Å²) < 4.78 is 5.62. The number of amides is 1. The topological polar surface area (TPSA) is 76.5 Å². The summed E-state index contributed by atoms with van der Waals surface area (Å²) in [5, 5.41) is 1.01. The lowest BCUT2D eigenvalue weighted by atomic mass is 10.1. The van der Waals surface area contributed by atoms with Crippen LogP contribution >= 0.6 is 22.9 Å². The van der Waals surface area contributed by atoms with E-state index in [0.717, 1.165) is 24.3 Å². The highest BCUT2D eigenvalue weighted by Gasteiger charge is 2.28. The molecule has 1 aromatic carbocycles. The number of benzene rings is 1. The van der Waals surface area contributed by atoms with Gasteiger partial charge in [-0.3, -0.25) is 14.5 Å². The second-order valence-electron chi connectivity index (χ2n) is 6.43. The molecule has 0 spiro atoms. The van der Waals surface area contributed by atoms with Gasteiger partial charge >= 0.3 is 0 Å². The Balaban J connectivity index is 1.63. The van der Waals surface area contributed by atoms with Crippen molar-refractivity contribution in [1.82, 2.24) is 4.90 Å². The van der Waals surface area contributed by atoms with Gasteiger partial charge in [0.2, 0.25) is 0 Å². The van der Waals surface area contributed by atoms with Gasteiger partial charge < -0.3 is 10.2 Å². The highest BCUT2D eigenvalue weighted by molar-refractivity contribution is 7.14. The van der Waals surface area contributed by atoms with Crippen LogP contribution < -0.4 is 11.2 Å². The fourth-order valence-electron chi connectivity index (χ4n) is 3.47. The van der Waals surface area contributed by atoms with Gasteiger partial charge in [0.25, 0.3) is 5.91 Å². The van der Waals surface area contributed by atoms with Crippen molar-refractivity contribution < 1.29 is 9.21 Å². The lowest BCUT2D eigenvalue weighted by Gasteiger charge is -2.23. The summed E-state index contributed by atoms with van der Waals surface area (Å²) in [6, 6.07) is 8.96. The van der Waals surface area contributed by atoms with Gasteiger partial charge in [0, 0.05) is 28.0 Å². The van der Waals surface area contributed by atoms with Crippen molar-refractivity contribution in [2.75, 3.05) is 6.54 Å². The van der Waals surface area contributed by atoms with Crippen LogP contribution in [0.1, 0.15) is 39.0 Å². The second kappa shape index (κ2) is 6.87. The van der Waals surface area contributed by atoms with Gasteiger partial charge in [-0.25, -0.2) is 0 Å². The highest BCUT2D eigenvalue weighted by atomic mass is 35.5. The van der Waals surface area contributed by atoms with Gasteiger partial charge in [-0.05, 0) is 49.7 Å². The zero-order chi connectivity index (χ0) is 18.3. The molecule has 7 heteroatoms. The van der Waals surface area contributed by atoms with E-state index >= 15 is 0 Å². The van der Waals surface area contributed by atoms with Crippen LogP contribution in [0.2, 0.25) is 5.02 Å². The molecule has 2 N–H and O–H groups in total. The molecule has 0 aliphatic carbocycles. The average molecular weight is 389 g/mol. The van der Waals surface area contributed by atoms with Crippen molar-refractivity contribution >= 4 is 39.8 Å². The fraction of sp³-hybridized carbons (Fsp3) is 0.263. The van der Waals surface area contributed by atoms with Crippen LogP contribution in [0.3, 0.4) is 0 Å². The maximum Gasteiger partial charge on any atom is 0.258 e. The van der Waals surface area contributed by atoms with Crippen LogP contribution in [0.5, 0.6) is 0 Å². The van der Waals surface area contributed by atoms with Crippen molar-refractivity contribution in [2.45, 2.75) is 25.4 Å². The first kappa shape index (κ1) is 17.3. The molecule has 3 aromatic rings. The predicted molar refractivity (Wildman–Crippen MR) is 103 cm³/mol. The molecule has 3 heterocycles. The number of hydrogen-bond donors (Lipinski definition) is 1. The van der Waals surface area contributed by atoms with Crippen LogP contribution in [-0.4, -0.2) is 17.4 Å². The van der Waals surface area contributed by atoms with Crippen molar-refractivity contribution in [3.8, 4) is 0 Å². The van der Waals surface area contributed by atoms with E-state index in [9.17, 15) is 9.59 Å². The van der Waals surface area contributed by atoms with Gasteiger partial charge in [0.1, 0.15) is 5.58 Å². The third-order valence-electron chi connectivity index (χ3n) is 4.74. The monoisotopic (exact) mass is 388 g/mol. The minimum absolute atomic E-state index is 0.0524. The van der Waals surface area contributed by atoms with Crippen LogP contribution in [0.4, 0.5) is 0 Å². The van der Waals surface area contributed by atoms with E-state index in [1.165, 1.54) is 17.6 Å². The normalized spacial score (nSPS) is 17.8. The maximum atomic E-state index is 12.8. The first-order valence-corrected chi connectivity index (χ1v) is 9.56. The number of thiophene rings is 1. The molecular formula is C19H17ClN2O3S. The number of likely N-dealkylation sites (tertiary alicyclic amines) is 1. The molecule has 5 nitrogen and oxygen atoms in total. The summed E-state index contributed by atoms with van der Waals surface area (Å²) in [6.07, 6.45) is 3.57. The van der Waals surface area contributed by atoms with Crippen LogP contribution in [0.25, 0.3) is 11.0 Å². The van der Waals surface area contributed by atoms with Gasteiger partial charge in [0.05, 0.1) is 16.5 Å². The van der Waals surface area contributed by atoms with Gasteiger partial charge in [-0.2, -0.15) is 0 Å². The van der Waals surface area contributed by atoms with Crippen molar-refractivity contribution in [1.29, 1.82) is 0 Å². The van der Waals surface area contributed by atoms with Crippen molar-refractivity contribution in [3.63, 3.8) is 0 Å². The first-order valence-electron chi connectivity index (χ1n) is 8.36. The number of nitrogens with zero attached hydrogens (tertiary/aromatic N) is 1. The predicted octanol–water partition coefficient (Wildman–Crippen LogP) is 3.94. The van der Waals surface area contributed by atoms with Crippen molar-refractivity contribution in [3.05, 3.63) is 67.2 Å². The standard InChI is InChI=1S/C19H17ClN2O3S/c20-12-3-4-15-13(8-12)18(23)11(10-25-15)9-22-7-1-2-14(22)16-5-6-17(26-16)19(21)24/h3-6,8,10,14H,1-2,7,9H2,(H2,21,24)/t14-/m0/s1. The van der Waals surface area contributed by atoms with Crippen LogP contribution in [-0.2, 0) is 6.54 Å². The number of carbonyl (C=O) groups is 1. The molecule has 1 amide bonds. The zero-order valence-electron chi connectivity index (χ0n) is 13.9. The Kier molecular flexibility index (Phi) is 4.56. The average Bonchev–Trinajstić information content (AvgIpc) is 3.27. The van der Waals surface area contributed by atoms with E-state index in [2.05, 4.69) is 4.90 Å². The first-order chi connectivity index (χ1) is 12.5. The summed E-state index contributed by atoms with van der Waals surface area (Å²) >= 11 is 7.44. The Morgan fingerprint density at radius 1 is 1.35 bits per heavy atom. The number of rotatable bonds is 4. The zero-order valence-corrected chi connectivity index (χ0v) is 15.5. The summed E-state index contributed by atoms with van der Waals surface area (Å²) in [6.45, 7) is 1.39. The summed E-state index contributed by atoms with van der Waals surface area (Å²) in [4.78, 5) is 28.1. The van der Waals surface area contributed by atoms with Gasteiger partial charge in [-0.1, -0.05) is 11.6 Å². The minimum atomic E-state index is -0.405. The maximum absolute atomic E-state index is 12.8. The van der Waals surface area contributed by atoms with E-state index in [-0.39, 0.29) is 11.5 Å². The Morgan fingerprint density at radius 3 is 2.96 bits per heavy atom. The van der Waals surface area contributed by atoms with E-state index < -0.39 is 5.91 Å². The van der Waals surface area contributed by atoms with Gasteiger partial charge in [0.15, 0.2) is 5.43 Å². The molecule has 0 unspecified atom stereocenters. The molecule has 134 valence electrons. The third-order valence-corrected chi connectivity index (χ3v) is 6.18. The van der Waals surface area contributed by atoms with E-state index in [1.807, 2.05) is 6.07 Å². The molecule has 1 fully saturated rings. The number of hydrogen-bond acceptors (Lipinski definition) is 5. The number of primary amides is 1. The minimum Gasteiger partial charge on any atom is -0.464 e. The Labute approximate surface area is 159 Å². The van der Waals surface area contributed by atoms with E-state index in [0.29, 0.717) is 33.0 Å². The highest BCUT2D eigenvalue weighted by Crippen LogP contribution is 2.36. The Bertz CT molecular complexity index is 1040. The SMILES string of the molecule is NC(=O)c1ccc([C@@H]2CCCN2Cc2coc3ccc(Cl)cc3c2=O)s1.